The molecule has 0 bridgehead atoms. The van der Waals surface area contributed by atoms with Crippen LogP contribution < -0.4 is 5.32 Å². The lowest BCUT2D eigenvalue weighted by Crippen LogP contribution is -2.42. The summed E-state index contributed by atoms with van der Waals surface area (Å²) in [7, 11) is 0. The minimum absolute atomic E-state index is 0.320. The Morgan fingerprint density at radius 2 is 1.92 bits per heavy atom. The van der Waals surface area contributed by atoms with Gasteiger partial charge in [-0.15, -0.1) is 0 Å². The van der Waals surface area contributed by atoms with Gasteiger partial charge in [0.15, 0.2) is 0 Å². The first kappa shape index (κ1) is 12.7. The van der Waals surface area contributed by atoms with Crippen molar-refractivity contribution < 1.29 is 0 Å². The van der Waals surface area contributed by atoms with Gasteiger partial charge in [0.05, 0.1) is 0 Å². The summed E-state index contributed by atoms with van der Waals surface area (Å²) < 4.78 is 0. The molecule has 1 atom stereocenters. The predicted octanol–water partition coefficient (Wildman–Crippen LogP) is 3.37. The second kappa shape index (κ2) is 5.43. The third kappa shape index (κ3) is 3.95. The SMILES string of the molecule is C=C(C)C(NCCC)C(C)(C)CC. The molecule has 0 rings (SSSR count). The minimum Gasteiger partial charge on any atom is -0.310 e. The zero-order valence-electron chi connectivity index (χ0n) is 9.91. The fourth-order valence-electron chi connectivity index (χ4n) is 1.61. The Bertz CT molecular complexity index is 159. The maximum atomic E-state index is 4.06. The number of hydrogen-bond acceptors (Lipinski definition) is 1. The molecule has 78 valence electrons. The van der Waals surface area contributed by atoms with E-state index in [1.165, 1.54) is 18.4 Å². The van der Waals surface area contributed by atoms with E-state index in [0.717, 1.165) is 6.54 Å². The molecule has 0 aromatic carbocycles. The van der Waals surface area contributed by atoms with E-state index in [2.05, 4.69) is 46.5 Å². The summed E-state index contributed by atoms with van der Waals surface area (Å²) in [5, 5.41) is 3.56. The molecule has 0 aliphatic rings. The molecule has 0 aliphatic carbocycles. The lowest BCUT2D eigenvalue weighted by Gasteiger charge is -2.34. The molecule has 0 spiro atoms. The fourth-order valence-corrected chi connectivity index (χ4v) is 1.61. The standard InChI is InChI=1S/C12H25N/c1-7-9-13-11(10(3)4)12(5,6)8-2/h11,13H,3,7-9H2,1-2,4-6H3. The lowest BCUT2D eigenvalue weighted by atomic mass is 9.79. The van der Waals surface area contributed by atoms with E-state index in [1.807, 2.05) is 0 Å². The van der Waals surface area contributed by atoms with Crippen molar-refractivity contribution in [3.63, 3.8) is 0 Å². The summed E-state index contributed by atoms with van der Waals surface area (Å²) in [4.78, 5) is 0. The van der Waals surface area contributed by atoms with E-state index < -0.39 is 0 Å². The largest absolute Gasteiger partial charge is 0.310 e. The van der Waals surface area contributed by atoms with Gasteiger partial charge >= 0.3 is 0 Å². The quantitative estimate of drug-likeness (QED) is 0.623. The zero-order chi connectivity index (χ0) is 10.5. The second-order valence-corrected chi connectivity index (χ2v) is 4.58. The van der Waals surface area contributed by atoms with Crippen molar-refractivity contribution in [1.82, 2.24) is 5.32 Å². The molecule has 0 saturated carbocycles. The first-order valence-corrected chi connectivity index (χ1v) is 5.34. The Morgan fingerprint density at radius 3 is 2.23 bits per heavy atom. The average molecular weight is 183 g/mol. The van der Waals surface area contributed by atoms with Crippen LogP contribution in [0.2, 0.25) is 0 Å². The monoisotopic (exact) mass is 183 g/mol. The topological polar surface area (TPSA) is 12.0 Å². The molecule has 0 aromatic heterocycles. The predicted molar refractivity (Wildman–Crippen MR) is 61.0 cm³/mol. The van der Waals surface area contributed by atoms with Crippen LogP contribution >= 0.6 is 0 Å². The Balaban J connectivity index is 4.32. The Hall–Kier alpha value is -0.300. The van der Waals surface area contributed by atoms with E-state index in [-0.39, 0.29) is 0 Å². The smallest absolute Gasteiger partial charge is 0.0325 e. The summed E-state index contributed by atoms with van der Waals surface area (Å²) in [6.07, 6.45) is 2.37. The van der Waals surface area contributed by atoms with Crippen LogP contribution in [-0.2, 0) is 0 Å². The van der Waals surface area contributed by atoms with Crippen molar-refractivity contribution >= 4 is 0 Å². The average Bonchev–Trinajstić information content (AvgIpc) is 2.04. The van der Waals surface area contributed by atoms with Crippen LogP contribution in [0, 0.1) is 5.41 Å². The molecule has 13 heavy (non-hydrogen) atoms. The van der Waals surface area contributed by atoms with Crippen LogP contribution in [0.1, 0.15) is 47.5 Å². The van der Waals surface area contributed by atoms with Crippen molar-refractivity contribution in [3.8, 4) is 0 Å². The first-order valence-electron chi connectivity index (χ1n) is 5.34. The van der Waals surface area contributed by atoms with Gasteiger partial charge in [-0.05, 0) is 31.7 Å². The van der Waals surface area contributed by atoms with E-state index in [1.54, 1.807) is 0 Å². The molecule has 0 heterocycles. The van der Waals surface area contributed by atoms with Crippen LogP contribution in [-0.4, -0.2) is 12.6 Å². The van der Waals surface area contributed by atoms with Crippen molar-refractivity contribution in [2.45, 2.75) is 53.5 Å². The lowest BCUT2D eigenvalue weighted by molar-refractivity contribution is 0.261. The third-order valence-electron chi connectivity index (χ3n) is 2.78. The van der Waals surface area contributed by atoms with Gasteiger partial charge in [0.25, 0.3) is 0 Å². The normalized spacial score (nSPS) is 14.2. The summed E-state index contributed by atoms with van der Waals surface area (Å²) >= 11 is 0. The molecule has 1 heteroatoms. The number of rotatable bonds is 6. The summed E-state index contributed by atoms with van der Waals surface area (Å²) in [6.45, 7) is 16.3. The Kier molecular flexibility index (Phi) is 5.31. The molecule has 0 aliphatic heterocycles. The Labute approximate surface area is 83.6 Å². The highest BCUT2D eigenvalue weighted by Gasteiger charge is 2.27. The van der Waals surface area contributed by atoms with Crippen LogP contribution in [0.15, 0.2) is 12.2 Å². The first-order chi connectivity index (χ1) is 5.95. The molecular formula is C12H25N. The fraction of sp³-hybridized carbons (Fsp3) is 0.833. The van der Waals surface area contributed by atoms with Crippen LogP contribution in [0.5, 0.6) is 0 Å². The van der Waals surface area contributed by atoms with Gasteiger partial charge in [-0.1, -0.05) is 39.8 Å². The third-order valence-corrected chi connectivity index (χ3v) is 2.78. The molecule has 0 radical (unpaired) electrons. The van der Waals surface area contributed by atoms with Crippen LogP contribution in [0.25, 0.3) is 0 Å². The zero-order valence-corrected chi connectivity index (χ0v) is 9.91. The van der Waals surface area contributed by atoms with Gasteiger partial charge < -0.3 is 5.32 Å². The highest BCUT2D eigenvalue weighted by atomic mass is 14.9. The van der Waals surface area contributed by atoms with Crippen molar-refractivity contribution in [3.05, 3.63) is 12.2 Å². The maximum absolute atomic E-state index is 4.06. The van der Waals surface area contributed by atoms with Gasteiger partial charge in [0, 0.05) is 6.04 Å². The van der Waals surface area contributed by atoms with Gasteiger partial charge in [0.2, 0.25) is 0 Å². The van der Waals surface area contributed by atoms with Crippen LogP contribution in [0.4, 0.5) is 0 Å². The highest BCUT2D eigenvalue weighted by molar-refractivity contribution is 5.07. The van der Waals surface area contributed by atoms with Gasteiger partial charge in [-0.2, -0.15) is 0 Å². The number of hydrogen-bond donors (Lipinski definition) is 1. The summed E-state index contributed by atoms with van der Waals surface area (Å²) in [5.74, 6) is 0. The minimum atomic E-state index is 0.320. The Morgan fingerprint density at radius 1 is 1.38 bits per heavy atom. The molecule has 0 amide bonds. The van der Waals surface area contributed by atoms with Crippen LogP contribution in [0.3, 0.4) is 0 Å². The molecule has 0 saturated heterocycles. The van der Waals surface area contributed by atoms with Gasteiger partial charge in [0.1, 0.15) is 0 Å². The van der Waals surface area contributed by atoms with E-state index in [4.69, 9.17) is 0 Å². The number of nitrogens with one attached hydrogen (secondary N) is 1. The van der Waals surface area contributed by atoms with E-state index >= 15 is 0 Å². The van der Waals surface area contributed by atoms with Gasteiger partial charge in [-0.3, -0.25) is 0 Å². The second-order valence-electron chi connectivity index (χ2n) is 4.58. The molecular weight excluding hydrogens is 158 g/mol. The molecule has 0 aromatic rings. The highest BCUT2D eigenvalue weighted by Crippen LogP contribution is 2.28. The van der Waals surface area contributed by atoms with Crippen molar-refractivity contribution in [2.24, 2.45) is 5.41 Å². The van der Waals surface area contributed by atoms with Gasteiger partial charge in [-0.25, -0.2) is 0 Å². The molecule has 1 N–H and O–H groups in total. The molecule has 1 unspecified atom stereocenters. The van der Waals surface area contributed by atoms with E-state index in [9.17, 15) is 0 Å². The maximum Gasteiger partial charge on any atom is 0.0325 e. The molecule has 0 fully saturated rings. The van der Waals surface area contributed by atoms with Crippen molar-refractivity contribution in [2.75, 3.05) is 6.54 Å². The van der Waals surface area contributed by atoms with Crippen molar-refractivity contribution in [1.29, 1.82) is 0 Å². The summed E-state index contributed by atoms with van der Waals surface area (Å²) in [6, 6.07) is 0.456. The molecule has 1 nitrogen and oxygen atoms in total. The van der Waals surface area contributed by atoms with E-state index in [0.29, 0.717) is 11.5 Å². The summed E-state index contributed by atoms with van der Waals surface area (Å²) in [5.41, 5.74) is 1.57.